The van der Waals surface area contributed by atoms with E-state index in [-0.39, 0.29) is 0 Å². The summed E-state index contributed by atoms with van der Waals surface area (Å²) in [5, 5.41) is 3.55. The lowest BCUT2D eigenvalue weighted by Crippen LogP contribution is -2.23. The van der Waals surface area contributed by atoms with E-state index < -0.39 is 0 Å². The normalized spacial score (nSPS) is 12.4. The monoisotopic (exact) mass is 318 g/mol. The van der Waals surface area contributed by atoms with Crippen LogP contribution in [0, 0.1) is 6.92 Å². The van der Waals surface area contributed by atoms with E-state index >= 15 is 0 Å². The molecule has 1 N–H and O–H groups in total. The van der Waals surface area contributed by atoms with Gasteiger partial charge in [-0.05, 0) is 49.2 Å². The molecular weight excluding hydrogens is 300 g/mol. The molecule has 0 aliphatic heterocycles. The number of hydrogen-bond donors (Lipinski definition) is 1. The van der Waals surface area contributed by atoms with Crippen molar-refractivity contribution in [3.8, 4) is 0 Å². The average Bonchev–Trinajstić information content (AvgIpc) is 2.40. The van der Waals surface area contributed by atoms with Gasteiger partial charge in [0, 0.05) is 22.4 Å². The molecule has 0 aliphatic rings. The van der Waals surface area contributed by atoms with Gasteiger partial charge in [-0.15, -0.1) is 0 Å². The van der Waals surface area contributed by atoms with Crippen LogP contribution in [0.25, 0.3) is 0 Å². The summed E-state index contributed by atoms with van der Waals surface area (Å²) in [5.74, 6) is 0. The fraction of sp³-hybridized carbons (Fsp3) is 0.312. The molecule has 100 valence electrons. The highest BCUT2D eigenvalue weighted by Gasteiger charge is 2.12. The van der Waals surface area contributed by atoms with Crippen LogP contribution < -0.4 is 5.32 Å². The molecule has 2 nitrogen and oxygen atoms in total. The molecule has 0 spiro atoms. The summed E-state index contributed by atoms with van der Waals surface area (Å²) in [6.45, 7) is 5.13. The zero-order chi connectivity index (χ0) is 13.7. The van der Waals surface area contributed by atoms with Crippen molar-refractivity contribution < 1.29 is 0 Å². The minimum Gasteiger partial charge on any atom is -0.310 e. The SMILES string of the molecule is CCNC(Cc1ccccc1Br)c1ccnc(C)c1. The van der Waals surface area contributed by atoms with E-state index in [9.17, 15) is 0 Å². The number of aryl methyl sites for hydroxylation is 1. The molecule has 0 fully saturated rings. The summed E-state index contributed by atoms with van der Waals surface area (Å²) < 4.78 is 1.17. The number of pyridine rings is 1. The molecule has 2 rings (SSSR count). The lowest BCUT2D eigenvalue weighted by Gasteiger charge is -2.19. The minimum atomic E-state index is 0.324. The van der Waals surface area contributed by atoms with Crippen molar-refractivity contribution >= 4 is 15.9 Å². The quantitative estimate of drug-likeness (QED) is 0.899. The number of nitrogens with zero attached hydrogens (tertiary/aromatic N) is 1. The third-order valence-corrected chi connectivity index (χ3v) is 3.93. The standard InChI is InChI=1S/C16H19BrN2/c1-3-18-16(14-8-9-19-12(2)10-14)11-13-6-4-5-7-15(13)17/h4-10,16,18H,3,11H2,1-2H3. The van der Waals surface area contributed by atoms with Crippen molar-refractivity contribution in [1.82, 2.24) is 10.3 Å². The number of aromatic nitrogens is 1. The fourth-order valence-corrected chi connectivity index (χ4v) is 2.67. The highest BCUT2D eigenvalue weighted by atomic mass is 79.9. The smallest absolute Gasteiger partial charge is 0.0375 e. The molecule has 0 amide bonds. The van der Waals surface area contributed by atoms with Crippen LogP contribution in [0.3, 0.4) is 0 Å². The predicted molar refractivity (Wildman–Crippen MR) is 83.2 cm³/mol. The number of benzene rings is 1. The molecule has 0 radical (unpaired) electrons. The van der Waals surface area contributed by atoms with Crippen molar-refractivity contribution in [2.24, 2.45) is 0 Å². The van der Waals surface area contributed by atoms with E-state index in [4.69, 9.17) is 0 Å². The number of rotatable bonds is 5. The first-order valence-electron chi connectivity index (χ1n) is 6.60. The highest BCUT2D eigenvalue weighted by molar-refractivity contribution is 9.10. The Labute approximate surface area is 123 Å². The fourth-order valence-electron chi connectivity index (χ4n) is 2.22. The number of nitrogens with one attached hydrogen (secondary N) is 1. The molecule has 19 heavy (non-hydrogen) atoms. The van der Waals surface area contributed by atoms with Gasteiger partial charge in [0.2, 0.25) is 0 Å². The van der Waals surface area contributed by atoms with E-state index in [0.717, 1.165) is 18.7 Å². The van der Waals surface area contributed by atoms with Gasteiger partial charge < -0.3 is 5.32 Å². The molecule has 1 aromatic carbocycles. The second kappa shape index (κ2) is 6.83. The maximum Gasteiger partial charge on any atom is 0.0375 e. The van der Waals surface area contributed by atoms with Gasteiger partial charge in [0.25, 0.3) is 0 Å². The van der Waals surface area contributed by atoms with Gasteiger partial charge in [-0.25, -0.2) is 0 Å². The van der Waals surface area contributed by atoms with Crippen LogP contribution in [0.1, 0.15) is 29.8 Å². The van der Waals surface area contributed by atoms with E-state index in [1.807, 2.05) is 19.2 Å². The number of hydrogen-bond acceptors (Lipinski definition) is 2. The maximum absolute atomic E-state index is 4.27. The van der Waals surface area contributed by atoms with Crippen LogP contribution >= 0.6 is 15.9 Å². The lowest BCUT2D eigenvalue weighted by atomic mass is 9.99. The van der Waals surface area contributed by atoms with Gasteiger partial charge in [-0.3, -0.25) is 4.98 Å². The van der Waals surface area contributed by atoms with Gasteiger partial charge in [-0.1, -0.05) is 41.1 Å². The van der Waals surface area contributed by atoms with E-state index in [1.165, 1.54) is 15.6 Å². The van der Waals surface area contributed by atoms with Gasteiger partial charge in [0.05, 0.1) is 0 Å². The number of likely N-dealkylation sites (N-methyl/N-ethyl adjacent to an activating group) is 1. The lowest BCUT2D eigenvalue weighted by molar-refractivity contribution is 0.548. The van der Waals surface area contributed by atoms with Crippen LogP contribution in [-0.2, 0) is 6.42 Å². The maximum atomic E-state index is 4.27. The van der Waals surface area contributed by atoms with Crippen molar-refractivity contribution in [2.75, 3.05) is 6.54 Å². The van der Waals surface area contributed by atoms with Crippen molar-refractivity contribution in [3.63, 3.8) is 0 Å². The topological polar surface area (TPSA) is 24.9 Å². The molecule has 3 heteroatoms. The molecule has 0 bridgehead atoms. The van der Waals surface area contributed by atoms with E-state index in [2.05, 4.69) is 63.5 Å². The van der Waals surface area contributed by atoms with Crippen LogP contribution in [0.2, 0.25) is 0 Å². The summed E-state index contributed by atoms with van der Waals surface area (Å²) in [6.07, 6.45) is 2.85. The Bertz CT molecular complexity index is 540. The van der Waals surface area contributed by atoms with E-state index in [0.29, 0.717) is 6.04 Å². The summed E-state index contributed by atoms with van der Waals surface area (Å²) in [5.41, 5.74) is 3.68. The summed E-state index contributed by atoms with van der Waals surface area (Å²) in [7, 11) is 0. The molecule has 1 aromatic heterocycles. The van der Waals surface area contributed by atoms with Crippen molar-refractivity contribution in [2.45, 2.75) is 26.3 Å². The summed E-state index contributed by atoms with van der Waals surface area (Å²) in [6, 6.07) is 13.0. The predicted octanol–water partition coefficient (Wildman–Crippen LogP) is 4.05. The Morgan fingerprint density at radius 3 is 2.74 bits per heavy atom. The molecule has 1 heterocycles. The van der Waals surface area contributed by atoms with Gasteiger partial charge in [0.1, 0.15) is 0 Å². The molecule has 2 aromatic rings. The zero-order valence-electron chi connectivity index (χ0n) is 11.4. The molecule has 1 atom stereocenters. The van der Waals surface area contributed by atoms with Crippen LogP contribution in [0.15, 0.2) is 47.1 Å². The van der Waals surface area contributed by atoms with E-state index in [1.54, 1.807) is 0 Å². The van der Waals surface area contributed by atoms with Gasteiger partial charge in [0.15, 0.2) is 0 Å². The largest absolute Gasteiger partial charge is 0.310 e. The highest BCUT2D eigenvalue weighted by Crippen LogP contribution is 2.23. The van der Waals surface area contributed by atoms with Crippen LogP contribution in [0.4, 0.5) is 0 Å². The molecule has 1 unspecified atom stereocenters. The van der Waals surface area contributed by atoms with Crippen LogP contribution in [-0.4, -0.2) is 11.5 Å². The third kappa shape index (κ3) is 3.88. The van der Waals surface area contributed by atoms with Crippen molar-refractivity contribution in [3.05, 3.63) is 63.9 Å². The van der Waals surface area contributed by atoms with Crippen LogP contribution in [0.5, 0.6) is 0 Å². The molecule has 0 saturated heterocycles. The third-order valence-electron chi connectivity index (χ3n) is 3.16. The minimum absolute atomic E-state index is 0.324. The zero-order valence-corrected chi connectivity index (χ0v) is 12.9. The average molecular weight is 319 g/mol. The van der Waals surface area contributed by atoms with Gasteiger partial charge >= 0.3 is 0 Å². The first-order chi connectivity index (χ1) is 9.20. The second-order valence-electron chi connectivity index (χ2n) is 4.64. The molecule has 0 saturated carbocycles. The Hall–Kier alpha value is -1.19. The Kier molecular flexibility index (Phi) is 5.11. The first-order valence-corrected chi connectivity index (χ1v) is 7.39. The molecular formula is C16H19BrN2. The first kappa shape index (κ1) is 14.2. The second-order valence-corrected chi connectivity index (χ2v) is 5.49. The van der Waals surface area contributed by atoms with Gasteiger partial charge in [-0.2, -0.15) is 0 Å². The Balaban J connectivity index is 2.24. The summed E-state index contributed by atoms with van der Waals surface area (Å²) in [4.78, 5) is 4.27. The summed E-state index contributed by atoms with van der Waals surface area (Å²) >= 11 is 3.62. The Morgan fingerprint density at radius 1 is 1.26 bits per heavy atom. The van der Waals surface area contributed by atoms with Crippen molar-refractivity contribution in [1.29, 1.82) is 0 Å². The Morgan fingerprint density at radius 2 is 2.05 bits per heavy atom. The number of halogens is 1. The molecule has 0 aliphatic carbocycles.